The average Bonchev–Trinajstić information content (AvgIpc) is 2.88. The van der Waals surface area contributed by atoms with Crippen molar-refractivity contribution in [1.82, 2.24) is 15.3 Å². The number of nitrogens with zero attached hydrogens (tertiary/aromatic N) is 1. The number of carbonyl (C=O) groups excluding carboxylic acids is 1. The smallest absolute Gasteiger partial charge is 0.234 e. The number of thioether (sulfide) groups is 2. The summed E-state index contributed by atoms with van der Waals surface area (Å²) >= 11 is 3.64. The van der Waals surface area contributed by atoms with E-state index in [4.69, 9.17) is 0 Å². The van der Waals surface area contributed by atoms with Crippen LogP contribution in [0.2, 0.25) is 0 Å². The van der Waals surface area contributed by atoms with E-state index in [0.717, 1.165) is 30.2 Å². The van der Waals surface area contributed by atoms with E-state index in [1.165, 1.54) is 30.0 Å². The fraction of sp³-hybridized carbons (Fsp3) is 0.692. The summed E-state index contributed by atoms with van der Waals surface area (Å²) < 4.78 is 0. The Balaban J connectivity index is 1.53. The van der Waals surface area contributed by atoms with Gasteiger partial charge in [-0.3, -0.25) is 4.79 Å². The van der Waals surface area contributed by atoms with E-state index in [0.29, 0.717) is 6.54 Å². The van der Waals surface area contributed by atoms with Crippen LogP contribution >= 0.6 is 23.5 Å². The molecule has 19 heavy (non-hydrogen) atoms. The molecule has 1 amide bonds. The topological polar surface area (TPSA) is 57.8 Å². The van der Waals surface area contributed by atoms with E-state index in [9.17, 15) is 4.79 Å². The molecule has 1 aromatic heterocycles. The van der Waals surface area contributed by atoms with Crippen LogP contribution in [0.25, 0.3) is 0 Å². The van der Waals surface area contributed by atoms with E-state index < -0.39 is 0 Å². The molecule has 2 N–H and O–H groups in total. The van der Waals surface area contributed by atoms with Crippen molar-refractivity contribution in [3.8, 4) is 0 Å². The second-order valence-electron chi connectivity index (χ2n) is 4.97. The second kappa shape index (κ2) is 6.22. The van der Waals surface area contributed by atoms with Crippen molar-refractivity contribution in [3.05, 3.63) is 17.2 Å². The SMILES string of the molecule is O=C(NCc1nc2c([nH]1)CCCC2)C1CSCCS1. The molecular formula is C13H19N3OS2. The maximum Gasteiger partial charge on any atom is 0.234 e. The molecule has 1 saturated heterocycles. The summed E-state index contributed by atoms with van der Waals surface area (Å²) in [6, 6.07) is 0. The van der Waals surface area contributed by atoms with Crippen LogP contribution < -0.4 is 5.32 Å². The molecule has 104 valence electrons. The number of nitrogens with one attached hydrogen (secondary N) is 2. The molecule has 0 aromatic carbocycles. The van der Waals surface area contributed by atoms with Gasteiger partial charge in [0.1, 0.15) is 5.82 Å². The fourth-order valence-corrected chi connectivity index (χ4v) is 5.10. The van der Waals surface area contributed by atoms with Crippen LogP contribution in [-0.2, 0) is 24.2 Å². The highest BCUT2D eigenvalue weighted by atomic mass is 32.2. The molecule has 1 unspecified atom stereocenters. The molecule has 0 spiro atoms. The molecule has 4 nitrogen and oxygen atoms in total. The van der Waals surface area contributed by atoms with Gasteiger partial charge in [-0.05, 0) is 25.7 Å². The van der Waals surface area contributed by atoms with Gasteiger partial charge in [0.15, 0.2) is 0 Å². The Morgan fingerprint density at radius 1 is 1.37 bits per heavy atom. The van der Waals surface area contributed by atoms with Crippen molar-refractivity contribution in [2.75, 3.05) is 17.3 Å². The molecule has 6 heteroatoms. The van der Waals surface area contributed by atoms with Gasteiger partial charge in [0.25, 0.3) is 0 Å². The van der Waals surface area contributed by atoms with E-state index >= 15 is 0 Å². The van der Waals surface area contributed by atoms with Gasteiger partial charge in [0.2, 0.25) is 5.91 Å². The third-order valence-electron chi connectivity index (χ3n) is 3.54. The predicted molar refractivity (Wildman–Crippen MR) is 80.6 cm³/mol. The van der Waals surface area contributed by atoms with Gasteiger partial charge in [0.05, 0.1) is 17.5 Å². The molecule has 1 aromatic rings. The van der Waals surface area contributed by atoms with Crippen molar-refractivity contribution in [3.63, 3.8) is 0 Å². The lowest BCUT2D eigenvalue weighted by Crippen LogP contribution is -2.35. The summed E-state index contributed by atoms with van der Waals surface area (Å²) in [6.45, 7) is 0.535. The number of aryl methyl sites for hydroxylation is 2. The van der Waals surface area contributed by atoms with Crippen molar-refractivity contribution in [1.29, 1.82) is 0 Å². The van der Waals surface area contributed by atoms with Gasteiger partial charge in [-0.25, -0.2) is 4.98 Å². The van der Waals surface area contributed by atoms with E-state index in [1.807, 2.05) is 11.8 Å². The summed E-state index contributed by atoms with van der Waals surface area (Å²) in [7, 11) is 0. The molecule has 0 bridgehead atoms. The van der Waals surface area contributed by atoms with Crippen LogP contribution in [0, 0.1) is 0 Å². The molecule has 1 aliphatic heterocycles. The van der Waals surface area contributed by atoms with Crippen LogP contribution in [0.1, 0.15) is 30.1 Å². The Morgan fingerprint density at radius 3 is 3.05 bits per heavy atom. The number of hydrogen-bond acceptors (Lipinski definition) is 4. The molecule has 1 aliphatic carbocycles. The highest BCUT2D eigenvalue weighted by Crippen LogP contribution is 2.24. The van der Waals surface area contributed by atoms with Gasteiger partial charge < -0.3 is 10.3 Å². The van der Waals surface area contributed by atoms with Gasteiger partial charge >= 0.3 is 0 Å². The maximum atomic E-state index is 12.0. The van der Waals surface area contributed by atoms with Crippen molar-refractivity contribution in [2.24, 2.45) is 0 Å². The number of amides is 1. The molecule has 1 fully saturated rings. The summed E-state index contributed by atoms with van der Waals surface area (Å²) in [5, 5.41) is 3.13. The van der Waals surface area contributed by atoms with Crippen LogP contribution in [0.15, 0.2) is 0 Å². The number of fused-ring (bicyclic) bond motifs is 1. The zero-order valence-corrected chi connectivity index (χ0v) is 12.5. The lowest BCUT2D eigenvalue weighted by atomic mass is 10.0. The minimum atomic E-state index is 0.114. The average molecular weight is 297 g/mol. The first kappa shape index (κ1) is 13.4. The van der Waals surface area contributed by atoms with Crippen molar-refractivity contribution >= 4 is 29.4 Å². The fourth-order valence-electron chi connectivity index (χ4n) is 2.52. The number of rotatable bonds is 3. The van der Waals surface area contributed by atoms with Crippen LogP contribution in [0.4, 0.5) is 0 Å². The third kappa shape index (κ3) is 3.28. The predicted octanol–water partition coefficient (Wildman–Crippen LogP) is 1.75. The van der Waals surface area contributed by atoms with E-state index in [-0.39, 0.29) is 11.2 Å². The lowest BCUT2D eigenvalue weighted by molar-refractivity contribution is -0.120. The zero-order chi connectivity index (χ0) is 13.1. The Labute approximate surface area is 121 Å². The maximum absolute atomic E-state index is 12.0. The molecule has 0 saturated carbocycles. The number of aromatic nitrogens is 2. The molecular weight excluding hydrogens is 278 g/mol. The van der Waals surface area contributed by atoms with Crippen LogP contribution in [0.3, 0.4) is 0 Å². The minimum absolute atomic E-state index is 0.114. The summed E-state index contributed by atoms with van der Waals surface area (Å²) in [5.41, 5.74) is 2.48. The molecule has 1 atom stereocenters. The van der Waals surface area contributed by atoms with Gasteiger partial charge in [0, 0.05) is 23.0 Å². The summed E-state index contributed by atoms with van der Waals surface area (Å²) in [4.78, 5) is 20.0. The van der Waals surface area contributed by atoms with Gasteiger partial charge in [-0.2, -0.15) is 11.8 Å². The molecule has 2 aliphatic rings. The molecule has 2 heterocycles. The first-order valence-corrected chi connectivity index (χ1v) is 9.07. The zero-order valence-electron chi connectivity index (χ0n) is 10.9. The lowest BCUT2D eigenvalue weighted by Gasteiger charge is -2.19. The normalized spacial score (nSPS) is 22.8. The Bertz CT molecular complexity index is 431. The Hall–Kier alpha value is -0.620. The quantitative estimate of drug-likeness (QED) is 0.892. The molecule has 0 radical (unpaired) electrons. The monoisotopic (exact) mass is 297 g/mol. The number of H-pyrrole nitrogens is 1. The van der Waals surface area contributed by atoms with Crippen LogP contribution in [-0.4, -0.2) is 38.4 Å². The van der Waals surface area contributed by atoms with E-state index in [1.54, 1.807) is 11.8 Å². The third-order valence-corrected chi connectivity index (χ3v) is 6.30. The highest BCUT2D eigenvalue weighted by Gasteiger charge is 2.22. The number of carbonyl (C=O) groups is 1. The standard InChI is InChI=1S/C13H19N3OS2/c17-13(11-8-18-5-6-19-11)14-7-12-15-9-3-1-2-4-10(9)16-12/h11H,1-8H2,(H,14,17)(H,15,16). The van der Waals surface area contributed by atoms with Crippen molar-refractivity contribution < 1.29 is 4.79 Å². The Kier molecular flexibility index (Phi) is 4.38. The first-order valence-electron chi connectivity index (χ1n) is 6.86. The molecule has 3 rings (SSSR count). The van der Waals surface area contributed by atoms with Gasteiger partial charge in [-0.1, -0.05) is 0 Å². The second-order valence-corrected chi connectivity index (χ2v) is 7.43. The first-order chi connectivity index (χ1) is 9.33. The number of imidazole rings is 1. The van der Waals surface area contributed by atoms with Crippen LogP contribution in [0.5, 0.6) is 0 Å². The largest absolute Gasteiger partial charge is 0.348 e. The van der Waals surface area contributed by atoms with E-state index in [2.05, 4.69) is 15.3 Å². The van der Waals surface area contributed by atoms with Gasteiger partial charge in [-0.15, -0.1) is 11.8 Å². The Morgan fingerprint density at radius 2 is 2.26 bits per heavy atom. The minimum Gasteiger partial charge on any atom is -0.348 e. The summed E-state index contributed by atoms with van der Waals surface area (Å²) in [5.74, 6) is 4.25. The van der Waals surface area contributed by atoms with Crippen molar-refractivity contribution in [2.45, 2.75) is 37.5 Å². The highest BCUT2D eigenvalue weighted by molar-refractivity contribution is 8.07. The number of aromatic amines is 1. The summed E-state index contributed by atoms with van der Waals surface area (Å²) in [6.07, 6.45) is 4.66. The number of hydrogen-bond donors (Lipinski definition) is 2.